The van der Waals surface area contributed by atoms with Gasteiger partial charge in [-0.2, -0.15) is 0 Å². The van der Waals surface area contributed by atoms with Crippen molar-refractivity contribution in [2.75, 3.05) is 0 Å². The van der Waals surface area contributed by atoms with E-state index in [0.29, 0.717) is 12.8 Å². The second-order valence-electron chi connectivity index (χ2n) is 3.93. The van der Waals surface area contributed by atoms with Crippen molar-refractivity contribution < 1.29 is 20.1 Å². The van der Waals surface area contributed by atoms with Gasteiger partial charge in [-0.3, -0.25) is 4.79 Å². The summed E-state index contributed by atoms with van der Waals surface area (Å²) in [4.78, 5) is 10.3. The SMILES string of the molecule is C=C/C=C(\C)CC[C@@H](O)C[C@H](O)CC(=O)O. The van der Waals surface area contributed by atoms with Crippen molar-refractivity contribution in [1.82, 2.24) is 0 Å². The molecule has 0 bridgehead atoms. The number of aliphatic hydroxyl groups excluding tert-OH is 2. The van der Waals surface area contributed by atoms with Crippen LogP contribution in [0.4, 0.5) is 0 Å². The number of rotatable bonds is 8. The summed E-state index contributed by atoms with van der Waals surface area (Å²) < 4.78 is 0. The molecule has 0 aliphatic heterocycles. The van der Waals surface area contributed by atoms with Crippen molar-refractivity contribution in [3.63, 3.8) is 0 Å². The summed E-state index contributed by atoms with van der Waals surface area (Å²) in [5.41, 5.74) is 1.10. The molecule has 3 N–H and O–H groups in total. The van der Waals surface area contributed by atoms with E-state index in [-0.39, 0.29) is 12.8 Å². The van der Waals surface area contributed by atoms with Crippen LogP contribution in [0.2, 0.25) is 0 Å². The molecule has 0 rings (SSSR count). The molecule has 0 heterocycles. The number of carboxylic acids is 1. The van der Waals surface area contributed by atoms with E-state index in [0.717, 1.165) is 5.57 Å². The van der Waals surface area contributed by atoms with Gasteiger partial charge in [0.1, 0.15) is 0 Å². The van der Waals surface area contributed by atoms with E-state index in [1.165, 1.54) is 0 Å². The summed E-state index contributed by atoms with van der Waals surface area (Å²) in [6.07, 6.45) is 2.92. The van der Waals surface area contributed by atoms with E-state index < -0.39 is 18.2 Å². The Morgan fingerprint density at radius 3 is 2.50 bits per heavy atom. The topological polar surface area (TPSA) is 77.8 Å². The molecule has 16 heavy (non-hydrogen) atoms. The molecule has 0 amide bonds. The van der Waals surface area contributed by atoms with Crippen molar-refractivity contribution in [1.29, 1.82) is 0 Å². The third-order valence-corrected chi connectivity index (χ3v) is 2.23. The highest BCUT2D eigenvalue weighted by Crippen LogP contribution is 2.12. The molecular formula is C12H20O4. The first-order chi connectivity index (χ1) is 7.45. The van der Waals surface area contributed by atoms with Gasteiger partial charge in [0.25, 0.3) is 0 Å². The molecule has 0 fully saturated rings. The summed E-state index contributed by atoms with van der Waals surface area (Å²) in [5, 5.41) is 27.3. The largest absolute Gasteiger partial charge is 0.481 e. The minimum absolute atomic E-state index is 0.105. The van der Waals surface area contributed by atoms with Crippen molar-refractivity contribution in [2.24, 2.45) is 0 Å². The van der Waals surface area contributed by atoms with Gasteiger partial charge >= 0.3 is 5.97 Å². The quantitative estimate of drug-likeness (QED) is 0.550. The number of hydrogen-bond donors (Lipinski definition) is 3. The summed E-state index contributed by atoms with van der Waals surface area (Å²) in [6.45, 7) is 5.50. The smallest absolute Gasteiger partial charge is 0.305 e. The zero-order valence-electron chi connectivity index (χ0n) is 9.59. The molecular weight excluding hydrogens is 208 g/mol. The van der Waals surface area contributed by atoms with E-state index in [1.54, 1.807) is 6.08 Å². The molecule has 2 atom stereocenters. The minimum atomic E-state index is -1.05. The molecule has 0 spiro atoms. The number of allylic oxidation sites excluding steroid dienone is 3. The normalized spacial score (nSPS) is 15.6. The molecule has 0 aliphatic carbocycles. The van der Waals surface area contributed by atoms with Crippen LogP contribution >= 0.6 is 0 Å². The van der Waals surface area contributed by atoms with Crippen LogP contribution in [0, 0.1) is 0 Å². The maximum absolute atomic E-state index is 10.3. The van der Waals surface area contributed by atoms with Gasteiger partial charge in [0.05, 0.1) is 18.6 Å². The number of aliphatic hydroxyl groups is 2. The molecule has 0 aliphatic rings. The first-order valence-corrected chi connectivity index (χ1v) is 5.31. The third-order valence-electron chi connectivity index (χ3n) is 2.23. The van der Waals surface area contributed by atoms with Crippen LogP contribution < -0.4 is 0 Å². The lowest BCUT2D eigenvalue weighted by atomic mass is 10.0. The predicted octanol–water partition coefficient (Wildman–Crippen LogP) is 1.49. The van der Waals surface area contributed by atoms with Crippen LogP contribution in [-0.4, -0.2) is 33.5 Å². The Hall–Kier alpha value is -1.13. The Morgan fingerprint density at radius 1 is 1.38 bits per heavy atom. The van der Waals surface area contributed by atoms with Crippen LogP contribution in [0.5, 0.6) is 0 Å². The Bertz CT molecular complexity index is 258. The minimum Gasteiger partial charge on any atom is -0.481 e. The molecule has 0 aromatic rings. The third kappa shape index (κ3) is 8.20. The average molecular weight is 228 g/mol. The highest BCUT2D eigenvalue weighted by atomic mass is 16.4. The van der Waals surface area contributed by atoms with Crippen molar-refractivity contribution in [2.45, 2.75) is 44.8 Å². The van der Waals surface area contributed by atoms with Crippen LogP contribution in [0.3, 0.4) is 0 Å². The number of carbonyl (C=O) groups is 1. The summed E-state index contributed by atoms with van der Waals surface area (Å²) in [5.74, 6) is -1.05. The second kappa shape index (κ2) is 8.07. The molecule has 0 saturated heterocycles. The van der Waals surface area contributed by atoms with Crippen LogP contribution in [0.15, 0.2) is 24.3 Å². The predicted molar refractivity (Wildman–Crippen MR) is 62.1 cm³/mol. The highest BCUT2D eigenvalue weighted by Gasteiger charge is 2.14. The number of carboxylic acid groups (broad SMARTS) is 1. The Labute approximate surface area is 95.9 Å². The fourth-order valence-corrected chi connectivity index (χ4v) is 1.40. The van der Waals surface area contributed by atoms with Crippen molar-refractivity contribution in [3.05, 3.63) is 24.3 Å². The number of hydrogen-bond acceptors (Lipinski definition) is 3. The van der Waals surface area contributed by atoms with Crippen LogP contribution in [0.25, 0.3) is 0 Å². The summed E-state index contributed by atoms with van der Waals surface area (Å²) in [6, 6.07) is 0. The van der Waals surface area contributed by atoms with Crippen molar-refractivity contribution in [3.8, 4) is 0 Å². The lowest BCUT2D eigenvalue weighted by molar-refractivity contribution is -0.139. The van der Waals surface area contributed by atoms with E-state index in [9.17, 15) is 15.0 Å². The Morgan fingerprint density at radius 2 is 2.00 bits per heavy atom. The van der Waals surface area contributed by atoms with Gasteiger partial charge in [-0.15, -0.1) is 0 Å². The van der Waals surface area contributed by atoms with Gasteiger partial charge < -0.3 is 15.3 Å². The fraction of sp³-hybridized carbons (Fsp3) is 0.583. The van der Waals surface area contributed by atoms with Gasteiger partial charge in [-0.1, -0.05) is 24.3 Å². The molecule has 0 unspecified atom stereocenters. The lowest BCUT2D eigenvalue weighted by Crippen LogP contribution is -2.20. The zero-order valence-corrected chi connectivity index (χ0v) is 9.59. The zero-order chi connectivity index (χ0) is 12.6. The molecule has 4 heteroatoms. The molecule has 0 radical (unpaired) electrons. The van der Waals surface area contributed by atoms with E-state index in [2.05, 4.69) is 6.58 Å². The van der Waals surface area contributed by atoms with E-state index in [1.807, 2.05) is 13.0 Å². The van der Waals surface area contributed by atoms with Crippen LogP contribution in [0.1, 0.15) is 32.6 Å². The molecule has 4 nitrogen and oxygen atoms in total. The van der Waals surface area contributed by atoms with E-state index >= 15 is 0 Å². The van der Waals surface area contributed by atoms with E-state index in [4.69, 9.17) is 5.11 Å². The lowest BCUT2D eigenvalue weighted by Gasteiger charge is -2.14. The highest BCUT2D eigenvalue weighted by molar-refractivity contribution is 5.67. The monoisotopic (exact) mass is 228 g/mol. The van der Waals surface area contributed by atoms with Crippen molar-refractivity contribution >= 4 is 5.97 Å². The first-order valence-electron chi connectivity index (χ1n) is 5.31. The van der Waals surface area contributed by atoms with Gasteiger partial charge in [0.2, 0.25) is 0 Å². The summed E-state index contributed by atoms with van der Waals surface area (Å²) in [7, 11) is 0. The Balaban J connectivity index is 3.81. The number of aliphatic carboxylic acids is 1. The van der Waals surface area contributed by atoms with Gasteiger partial charge in [0.15, 0.2) is 0 Å². The van der Waals surface area contributed by atoms with Gasteiger partial charge in [-0.05, 0) is 26.2 Å². The molecule has 0 aromatic heterocycles. The fourth-order valence-electron chi connectivity index (χ4n) is 1.40. The standard InChI is InChI=1S/C12H20O4/c1-3-4-9(2)5-6-10(13)7-11(14)8-12(15)16/h3-4,10-11,13-14H,1,5-8H2,2H3,(H,15,16)/b9-4+/t10-,11+/m1/s1. The van der Waals surface area contributed by atoms with Crippen LogP contribution in [-0.2, 0) is 4.79 Å². The maximum atomic E-state index is 10.3. The Kier molecular flexibility index (Phi) is 7.50. The van der Waals surface area contributed by atoms with Gasteiger partial charge in [-0.25, -0.2) is 0 Å². The van der Waals surface area contributed by atoms with Gasteiger partial charge in [0, 0.05) is 0 Å². The second-order valence-corrected chi connectivity index (χ2v) is 3.93. The maximum Gasteiger partial charge on any atom is 0.305 e. The molecule has 0 aromatic carbocycles. The first kappa shape index (κ1) is 14.9. The average Bonchev–Trinajstić information content (AvgIpc) is 2.13. The molecule has 92 valence electrons. The molecule has 0 saturated carbocycles. The summed E-state index contributed by atoms with van der Waals surface area (Å²) >= 11 is 0.